The topological polar surface area (TPSA) is 134 Å². The Balaban J connectivity index is 1.77. The van der Waals surface area contributed by atoms with Crippen LogP contribution in [0, 0.1) is 11.3 Å². The molecule has 164 valence electrons. The van der Waals surface area contributed by atoms with Crippen LogP contribution in [0.4, 0.5) is 0 Å². The second-order valence-corrected chi connectivity index (χ2v) is 8.35. The number of halogens is 1. The quantitative estimate of drug-likeness (QED) is 0.333. The van der Waals surface area contributed by atoms with Crippen molar-refractivity contribution >= 4 is 29.3 Å². The van der Waals surface area contributed by atoms with Crippen molar-refractivity contribution in [2.45, 2.75) is 37.8 Å². The van der Waals surface area contributed by atoms with Gasteiger partial charge >= 0.3 is 0 Å². The SMILES string of the molecule is N=C(N)c1cccc(C(=O)N[C@H](C(=O)NC2CCC(CN)CC2)c2ccc(Cl)cc2)c1. The van der Waals surface area contributed by atoms with Crippen molar-refractivity contribution in [3.63, 3.8) is 0 Å². The van der Waals surface area contributed by atoms with E-state index in [0.717, 1.165) is 25.7 Å². The summed E-state index contributed by atoms with van der Waals surface area (Å²) >= 11 is 6.00. The third-order valence-corrected chi connectivity index (χ3v) is 5.96. The number of rotatable bonds is 7. The van der Waals surface area contributed by atoms with E-state index in [1.165, 1.54) is 6.07 Å². The second kappa shape index (κ2) is 10.4. The number of benzene rings is 2. The van der Waals surface area contributed by atoms with Gasteiger partial charge in [0.05, 0.1) is 0 Å². The lowest BCUT2D eigenvalue weighted by atomic mass is 9.86. The van der Waals surface area contributed by atoms with E-state index in [4.69, 9.17) is 28.5 Å². The van der Waals surface area contributed by atoms with Crippen molar-refractivity contribution in [3.8, 4) is 0 Å². The first-order chi connectivity index (χ1) is 14.9. The molecule has 0 saturated heterocycles. The molecule has 8 heteroatoms. The predicted octanol–water partition coefficient (Wildman–Crippen LogP) is 2.73. The number of amides is 2. The lowest BCUT2D eigenvalue weighted by Crippen LogP contribution is -2.45. The fourth-order valence-electron chi connectivity index (χ4n) is 3.82. The average Bonchev–Trinajstić information content (AvgIpc) is 2.78. The van der Waals surface area contributed by atoms with E-state index in [0.29, 0.717) is 34.2 Å². The molecule has 0 spiro atoms. The van der Waals surface area contributed by atoms with E-state index >= 15 is 0 Å². The normalized spacial score (nSPS) is 19.3. The third-order valence-electron chi connectivity index (χ3n) is 5.70. The van der Waals surface area contributed by atoms with Crippen LogP contribution in [0.3, 0.4) is 0 Å². The highest BCUT2D eigenvalue weighted by atomic mass is 35.5. The van der Waals surface area contributed by atoms with Gasteiger partial charge in [0.15, 0.2) is 0 Å². The molecule has 0 aromatic heterocycles. The van der Waals surface area contributed by atoms with Gasteiger partial charge in [0, 0.05) is 22.2 Å². The number of nitrogen functional groups attached to an aromatic ring is 1. The van der Waals surface area contributed by atoms with E-state index in [1.54, 1.807) is 42.5 Å². The number of amidine groups is 1. The Hall–Kier alpha value is -2.90. The van der Waals surface area contributed by atoms with Crippen LogP contribution in [0.15, 0.2) is 48.5 Å². The number of hydrogen-bond acceptors (Lipinski definition) is 4. The van der Waals surface area contributed by atoms with Crippen LogP contribution in [-0.2, 0) is 4.79 Å². The molecule has 1 fully saturated rings. The first-order valence-electron chi connectivity index (χ1n) is 10.4. The van der Waals surface area contributed by atoms with Gasteiger partial charge in [-0.2, -0.15) is 0 Å². The summed E-state index contributed by atoms with van der Waals surface area (Å²) in [6.45, 7) is 0.670. The molecule has 1 aliphatic rings. The molecule has 1 aliphatic carbocycles. The lowest BCUT2D eigenvalue weighted by molar-refractivity contribution is -0.124. The van der Waals surface area contributed by atoms with Crippen molar-refractivity contribution in [2.24, 2.45) is 17.4 Å². The molecule has 2 aromatic carbocycles. The molecular weight excluding hydrogens is 414 g/mol. The minimum Gasteiger partial charge on any atom is -0.384 e. The monoisotopic (exact) mass is 441 g/mol. The molecule has 0 unspecified atom stereocenters. The van der Waals surface area contributed by atoms with E-state index in [2.05, 4.69) is 10.6 Å². The second-order valence-electron chi connectivity index (χ2n) is 7.91. The third kappa shape index (κ3) is 6.06. The van der Waals surface area contributed by atoms with E-state index in [9.17, 15) is 9.59 Å². The van der Waals surface area contributed by atoms with Gasteiger partial charge in [0.1, 0.15) is 11.9 Å². The van der Waals surface area contributed by atoms with Gasteiger partial charge in [0.25, 0.3) is 5.91 Å². The van der Waals surface area contributed by atoms with Crippen molar-refractivity contribution in [3.05, 3.63) is 70.2 Å². The van der Waals surface area contributed by atoms with Gasteiger partial charge in [-0.05, 0) is 68.0 Å². The Morgan fingerprint density at radius 3 is 2.32 bits per heavy atom. The van der Waals surface area contributed by atoms with Crippen molar-refractivity contribution in [2.75, 3.05) is 6.54 Å². The van der Waals surface area contributed by atoms with Crippen LogP contribution in [0.25, 0.3) is 0 Å². The standard InChI is InChI=1S/C23H28ClN5O2/c24-18-8-6-15(7-9-18)20(23(31)28-19-10-4-14(13-25)5-11-19)29-22(30)17-3-1-2-16(12-17)21(26)27/h1-3,6-9,12,14,19-20H,4-5,10-11,13,25H2,(H3,26,27)(H,28,31)(H,29,30)/t14?,19?,20-/m0/s1. The summed E-state index contributed by atoms with van der Waals surface area (Å²) < 4.78 is 0. The number of carbonyl (C=O) groups is 2. The zero-order valence-corrected chi connectivity index (χ0v) is 18.0. The van der Waals surface area contributed by atoms with Gasteiger partial charge in [0.2, 0.25) is 5.91 Å². The van der Waals surface area contributed by atoms with Gasteiger partial charge in [-0.3, -0.25) is 15.0 Å². The highest BCUT2D eigenvalue weighted by Crippen LogP contribution is 2.24. The van der Waals surface area contributed by atoms with Crippen LogP contribution >= 0.6 is 11.6 Å². The molecule has 31 heavy (non-hydrogen) atoms. The van der Waals surface area contributed by atoms with Crippen LogP contribution in [0.2, 0.25) is 5.02 Å². The fraction of sp³-hybridized carbons (Fsp3) is 0.348. The van der Waals surface area contributed by atoms with E-state index < -0.39 is 11.9 Å². The largest absolute Gasteiger partial charge is 0.384 e. The Kier molecular flexibility index (Phi) is 7.65. The average molecular weight is 442 g/mol. The maximum absolute atomic E-state index is 13.2. The predicted molar refractivity (Wildman–Crippen MR) is 122 cm³/mol. The summed E-state index contributed by atoms with van der Waals surface area (Å²) in [5.74, 6) is -0.317. The van der Waals surface area contributed by atoms with Gasteiger partial charge in [-0.25, -0.2) is 0 Å². The van der Waals surface area contributed by atoms with Crippen molar-refractivity contribution in [1.29, 1.82) is 5.41 Å². The van der Waals surface area contributed by atoms with Gasteiger partial charge in [-0.15, -0.1) is 0 Å². The Morgan fingerprint density at radius 1 is 1.06 bits per heavy atom. The minimum atomic E-state index is -0.877. The molecule has 1 atom stereocenters. The first kappa shape index (κ1) is 22.8. The van der Waals surface area contributed by atoms with Crippen molar-refractivity contribution < 1.29 is 9.59 Å². The molecule has 1 saturated carbocycles. The molecule has 3 rings (SSSR count). The number of carbonyl (C=O) groups excluding carboxylic acids is 2. The summed E-state index contributed by atoms with van der Waals surface area (Å²) in [4.78, 5) is 26.1. The van der Waals surface area contributed by atoms with E-state index in [-0.39, 0.29) is 17.8 Å². The maximum atomic E-state index is 13.2. The van der Waals surface area contributed by atoms with Crippen LogP contribution in [0.1, 0.15) is 53.2 Å². The van der Waals surface area contributed by atoms with E-state index in [1.807, 2.05) is 0 Å². The summed E-state index contributed by atoms with van der Waals surface area (Å²) in [6, 6.07) is 12.5. The summed E-state index contributed by atoms with van der Waals surface area (Å²) in [5, 5.41) is 14.0. The minimum absolute atomic E-state index is 0.0584. The highest BCUT2D eigenvalue weighted by Gasteiger charge is 2.28. The molecule has 0 radical (unpaired) electrons. The lowest BCUT2D eigenvalue weighted by Gasteiger charge is -2.30. The Labute approximate surface area is 187 Å². The number of nitrogens with one attached hydrogen (secondary N) is 3. The molecule has 0 aliphatic heterocycles. The Morgan fingerprint density at radius 2 is 1.71 bits per heavy atom. The molecule has 7 N–H and O–H groups in total. The van der Waals surface area contributed by atoms with Crippen LogP contribution < -0.4 is 22.1 Å². The Bertz CT molecular complexity index is 939. The molecule has 7 nitrogen and oxygen atoms in total. The fourth-order valence-corrected chi connectivity index (χ4v) is 3.95. The molecule has 0 heterocycles. The van der Waals surface area contributed by atoms with Gasteiger partial charge < -0.3 is 22.1 Å². The number of nitrogens with two attached hydrogens (primary N) is 2. The molecule has 2 aromatic rings. The first-order valence-corrected chi connectivity index (χ1v) is 10.8. The summed E-state index contributed by atoms with van der Waals surface area (Å²) in [7, 11) is 0. The smallest absolute Gasteiger partial charge is 0.252 e. The maximum Gasteiger partial charge on any atom is 0.252 e. The van der Waals surface area contributed by atoms with Crippen molar-refractivity contribution in [1.82, 2.24) is 10.6 Å². The summed E-state index contributed by atoms with van der Waals surface area (Å²) in [5.41, 5.74) is 12.7. The zero-order chi connectivity index (χ0) is 22.4. The molecule has 2 amide bonds. The van der Waals surface area contributed by atoms with Crippen LogP contribution in [0.5, 0.6) is 0 Å². The van der Waals surface area contributed by atoms with Crippen LogP contribution in [-0.4, -0.2) is 30.2 Å². The molecule has 0 bridgehead atoms. The zero-order valence-electron chi connectivity index (χ0n) is 17.2. The number of hydrogen-bond donors (Lipinski definition) is 5. The summed E-state index contributed by atoms with van der Waals surface area (Å²) in [6.07, 6.45) is 3.71. The molecular formula is C23H28ClN5O2. The van der Waals surface area contributed by atoms with Gasteiger partial charge in [-0.1, -0.05) is 35.9 Å². The highest BCUT2D eigenvalue weighted by molar-refractivity contribution is 6.30.